The Balaban J connectivity index is 1.64. The molecule has 1 aliphatic heterocycles. The van der Waals surface area contributed by atoms with E-state index in [1.807, 2.05) is 36.1 Å². The number of nitrogens with zero attached hydrogens (tertiary/aromatic N) is 4. The Bertz CT molecular complexity index is 692. The highest BCUT2D eigenvalue weighted by atomic mass is 16.2. The van der Waals surface area contributed by atoms with Crippen molar-refractivity contribution < 1.29 is 4.79 Å². The minimum absolute atomic E-state index is 0.140. The summed E-state index contributed by atoms with van der Waals surface area (Å²) in [5.41, 5.74) is 1.91. The molecule has 1 atom stereocenters. The van der Waals surface area contributed by atoms with Gasteiger partial charge in [0.1, 0.15) is 12.2 Å². The second kappa shape index (κ2) is 6.52. The van der Waals surface area contributed by atoms with E-state index in [0.29, 0.717) is 12.0 Å². The van der Waals surface area contributed by atoms with Gasteiger partial charge < -0.3 is 9.47 Å². The highest BCUT2D eigenvalue weighted by Gasteiger charge is 2.28. The molecule has 5 heteroatoms. The van der Waals surface area contributed by atoms with Gasteiger partial charge in [-0.1, -0.05) is 17.7 Å². The van der Waals surface area contributed by atoms with Gasteiger partial charge in [-0.2, -0.15) is 0 Å². The van der Waals surface area contributed by atoms with Gasteiger partial charge in [0.15, 0.2) is 0 Å². The number of carbonyl (C=O) groups excluding carboxylic acids is 1. The average molecular weight is 312 g/mol. The molecular weight excluding hydrogens is 288 g/mol. The molecule has 1 aromatic heterocycles. The largest absolute Gasteiger partial charge is 0.338 e. The molecule has 1 amide bonds. The molecule has 0 bridgehead atoms. The van der Waals surface area contributed by atoms with Gasteiger partial charge in [0.2, 0.25) is 0 Å². The second-order valence-electron chi connectivity index (χ2n) is 6.73. The molecule has 0 aliphatic carbocycles. The van der Waals surface area contributed by atoms with Crippen molar-refractivity contribution in [2.75, 3.05) is 13.1 Å². The van der Waals surface area contributed by atoms with Crippen molar-refractivity contribution in [2.24, 2.45) is 5.92 Å². The Morgan fingerprint density at radius 1 is 1.39 bits per heavy atom. The Kier molecular flexibility index (Phi) is 4.46. The summed E-state index contributed by atoms with van der Waals surface area (Å²) in [6.45, 7) is 7.91. The maximum absolute atomic E-state index is 12.6. The zero-order chi connectivity index (χ0) is 16.4. The molecule has 0 saturated carbocycles. The van der Waals surface area contributed by atoms with Crippen LogP contribution in [0.4, 0.5) is 0 Å². The van der Waals surface area contributed by atoms with E-state index in [2.05, 4.69) is 28.6 Å². The number of carbonyl (C=O) groups is 1. The Hall–Kier alpha value is -2.17. The maximum atomic E-state index is 12.6. The molecule has 1 saturated heterocycles. The third kappa shape index (κ3) is 3.44. The zero-order valence-corrected chi connectivity index (χ0v) is 14.1. The van der Waals surface area contributed by atoms with Crippen LogP contribution in [0.3, 0.4) is 0 Å². The lowest BCUT2D eigenvalue weighted by molar-refractivity contribution is 0.0787. The van der Waals surface area contributed by atoms with Crippen LogP contribution in [0.1, 0.15) is 48.1 Å². The maximum Gasteiger partial charge on any atom is 0.253 e. The van der Waals surface area contributed by atoms with Crippen molar-refractivity contribution in [1.82, 2.24) is 19.7 Å². The van der Waals surface area contributed by atoms with Crippen molar-refractivity contribution in [3.63, 3.8) is 0 Å². The van der Waals surface area contributed by atoms with Crippen LogP contribution < -0.4 is 0 Å². The summed E-state index contributed by atoms with van der Waals surface area (Å²) < 4.78 is 2.12. The first-order valence-corrected chi connectivity index (χ1v) is 8.29. The molecule has 0 radical (unpaired) electrons. The third-order valence-corrected chi connectivity index (χ3v) is 4.51. The van der Waals surface area contributed by atoms with Crippen LogP contribution in [-0.4, -0.2) is 38.7 Å². The van der Waals surface area contributed by atoms with Crippen LogP contribution in [0, 0.1) is 12.8 Å². The Morgan fingerprint density at radius 2 is 2.22 bits per heavy atom. The van der Waals surface area contributed by atoms with E-state index in [9.17, 15) is 4.79 Å². The van der Waals surface area contributed by atoms with Gasteiger partial charge in [-0.05, 0) is 45.2 Å². The summed E-state index contributed by atoms with van der Waals surface area (Å²) in [7, 11) is 0. The molecular formula is C18H24N4O. The predicted octanol–water partition coefficient (Wildman–Crippen LogP) is 2.87. The molecule has 2 heterocycles. The molecule has 1 aromatic carbocycles. The minimum Gasteiger partial charge on any atom is -0.338 e. The first-order valence-electron chi connectivity index (χ1n) is 8.29. The second-order valence-corrected chi connectivity index (χ2v) is 6.73. The molecule has 1 fully saturated rings. The molecule has 5 nitrogen and oxygen atoms in total. The van der Waals surface area contributed by atoms with E-state index in [1.54, 1.807) is 6.33 Å². The number of benzene rings is 1. The molecule has 1 aliphatic rings. The zero-order valence-electron chi connectivity index (χ0n) is 14.1. The summed E-state index contributed by atoms with van der Waals surface area (Å²) in [6, 6.07) is 8.19. The Morgan fingerprint density at radius 3 is 2.96 bits per heavy atom. The molecule has 0 N–H and O–H groups in total. The highest BCUT2D eigenvalue weighted by molar-refractivity contribution is 5.94. The minimum atomic E-state index is 0.140. The molecule has 0 spiro atoms. The molecule has 1 unspecified atom stereocenters. The van der Waals surface area contributed by atoms with E-state index in [-0.39, 0.29) is 5.91 Å². The van der Waals surface area contributed by atoms with Crippen molar-refractivity contribution >= 4 is 5.91 Å². The van der Waals surface area contributed by atoms with E-state index in [4.69, 9.17) is 0 Å². The molecule has 2 aromatic rings. The van der Waals surface area contributed by atoms with Gasteiger partial charge in [-0.3, -0.25) is 4.79 Å². The van der Waals surface area contributed by atoms with Gasteiger partial charge in [0, 0.05) is 31.1 Å². The van der Waals surface area contributed by atoms with Crippen molar-refractivity contribution in [3.8, 4) is 0 Å². The fourth-order valence-corrected chi connectivity index (χ4v) is 3.25. The fraction of sp³-hybridized carbons (Fsp3) is 0.500. The van der Waals surface area contributed by atoms with E-state index in [0.717, 1.165) is 42.9 Å². The predicted molar refractivity (Wildman–Crippen MR) is 89.3 cm³/mol. The summed E-state index contributed by atoms with van der Waals surface area (Å²) in [6.07, 6.45) is 3.71. The van der Waals surface area contributed by atoms with Crippen LogP contribution in [0.15, 0.2) is 30.6 Å². The van der Waals surface area contributed by atoms with Crippen LogP contribution in [-0.2, 0) is 6.42 Å². The lowest BCUT2D eigenvalue weighted by Gasteiger charge is -2.17. The van der Waals surface area contributed by atoms with E-state index < -0.39 is 0 Å². The van der Waals surface area contributed by atoms with Crippen LogP contribution in [0.5, 0.6) is 0 Å². The van der Waals surface area contributed by atoms with Gasteiger partial charge in [0.25, 0.3) is 5.91 Å². The smallest absolute Gasteiger partial charge is 0.253 e. The van der Waals surface area contributed by atoms with Crippen LogP contribution >= 0.6 is 0 Å². The fourth-order valence-electron chi connectivity index (χ4n) is 3.25. The third-order valence-electron chi connectivity index (χ3n) is 4.51. The summed E-state index contributed by atoms with van der Waals surface area (Å²) in [5, 5.41) is 8.28. The average Bonchev–Trinajstić information content (AvgIpc) is 3.16. The van der Waals surface area contributed by atoms with Crippen LogP contribution in [0.2, 0.25) is 0 Å². The van der Waals surface area contributed by atoms with Crippen molar-refractivity contribution in [2.45, 2.75) is 39.7 Å². The Labute approximate surface area is 137 Å². The monoisotopic (exact) mass is 312 g/mol. The highest BCUT2D eigenvalue weighted by Crippen LogP contribution is 2.23. The molecule has 122 valence electrons. The summed E-state index contributed by atoms with van der Waals surface area (Å²) >= 11 is 0. The number of amides is 1. The number of hydrogen-bond acceptors (Lipinski definition) is 3. The summed E-state index contributed by atoms with van der Waals surface area (Å²) in [4.78, 5) is 14.6. The first kappa shape index (κ1) is 15.7. The lowest BCUT2D eigenvalue weighted by atomic mass is 10.0. The topological polar surface area (TPSA) is 51.0 Å². The van der Waals surface area contributed by atoms with Crippen molar-refractivity contribution in [1.29, 1.82) is 0 Å². The number of rotatable bonds is 4. The number of aromatic nitrogens is 3. The van der Waals surface area contributed by atoms with Gasteiger partial charge in [-0.25, -0.2) is 0 Å². The van der Waals surface area contributed by atoms with Gasteiger partial charge in [0.05, 0.1) is 0 Å². The SMILES string of the molecule is Cc1cccc(C(=O)N2CCC(Cc3nncn3C(C)C)C2)c1. The normalized spacial score (nSPS) is 17.9. The van der Waals surface area contributed by atoms with E-state index in [1.165, 1.54) is 0 Å². The van der Waals surface area contributed by atoms with Crippen LogP contribution in [0.25, 0.3) is 0 Å². The van der Waals surface area contributed by atoms with Gasteiger partial charge >= 0.3 is 0 Å². The number of aryl methyl sites for hydroxylation is 1. The lowest BCUT2D eigenvalue weighted by Crippen LogP contribution is -2.29. The standard InChI is InChI=1S/C18H24N4O/c1-13(2)22-12-19-20-17(22)10-15-7-8-21(11-15)18(23)16-6-4-5-14(3)9-16/h4-6,9,12-13,15H,7-8,10-11H2,1-3H3. The quantitative estimate of drug-likeness (QED) is 0.872. The summed E-state index contributed by atoms with van der Waals surface area (Å²) in [5.74, 6) is 1.63. The van der Waals surface area contributed by atoms with Gasteiger partial charge in [-0.15, -0.1) is 10.2 Å². The first-order chi connectivity index (χ1) is 11.0. The number of likely N-dealkylation sites (tertiary alicyclic amines) is 1. The number of hydrogen-bond donors (Lipinski definition) is 0. The molecule has 3 rings (SSSR count). The molecule has 23 heavy (non-hydrogen) atoms. The van der Waals surface area contributed by atoms with E-state index >= 15 is 0 Å². The van der Waals surface area contributed by atoms with Crippen molar-refractivity contribution in [3.05, 3.63) is 47.5 Å².